The Kier molecular flexibility index (Phi) is 5.71. The Morgan fingerprint density at radius 1 is 1.65 bits per heavy atom. The first-order valence-electron chi connectivity index (χ1n) is 6.13. The number of amides is 1. The lowest BCUT2D eigenvalue weighted by Gasteiger charge is -2.19. The molecule has 2 heterocycles. The normalized spacial score (nSPS) is 21.1. The van der Waals surface area contributed by atoms with Gasteiger partial charge in [-0.25, -0.2) is 9.37 Å². The number of carbonyl (C=O) groups excluding carboxylic acids is 1. The number of halogens is 2. The second-order valence-corrected chi connectivity index (χ2v) is 4.61. The number of hydrogen-bond acceptors (Lipinski definition) is 4. The number of likely N-dealkylation sites (tertiary alicyclic amines) is 1. The molecule has 1 fully saturated rings. The molecule has 1 saturated heterocycles. The van der Waals surface area contributed by atoms with Gasteiger partial charge in [-0.1, -0.05) is 0 Å². The molecule has 0 aromatic carbocycles. The van der Waals surface area contributed by atoms with Crippen molar-refractivity contribution in [1.29, 1.82) is 5.26 Å². The number of pyridine rings is 1. The van der Waals surface area contributed by atoms with Crippen molar-refractivity contribution in [2.75, 3.05) is 12.3 Å². The fraction of sp³-hybridized carbons (Fsp3) is 0.462. The minimum Gasteiger partial charge on any atom is -0.384 e. The van der Waals surface area contributed by atoms with E-state index in [2.05, 4.69) is 4.98 Å². The summed E-state index contributed by atoms with van der Waals surface area (Å²) in [5, 5.41) is 8.89. The van der Waals surface area contributed by atoms with Crippen LogP contribution < -0.4 is 5.73 Å². The van der Waals surface area contributed by atoms with Gasteiger partial charge in [-0.15, -0.1) is 12.4 Å². The monoisotopic (exact) mass is 298 g/mol. The summed E-state index contributed by atoms with van der Waals surface area (Å²) < 4.78 is 13.2. The van der Waals surface area contributed by atoms with Crippen LogP contribution in [0.2, 0.25) is 0 Å². The van der Waals surface area contributed by atoms with Gasteiger partial charge < -0.3 is 10.6 Å². The third kappa shape index (κ3) is 3.81. The van der Waals surface area contributed by atoms with E-state index in [0.29, 0.717) is 12.2 Å². The van der Waals surface area contributed by atoms with Crippen LogP contribution >= 0.6 is 12.4 Å². The zero-order valence-corrected chi connectivity index (χ0v) is 11.6. The number of nitrogen functional groups attached to an aromatic ring is 1. The molecule has 0 bridgehead atoms. The molecule has 0 aliphatic carbocycles. The number of rotatable bonds is 3. The molecule has 108 valence electrons. The van der Waals surface area contributed by atoms with E-state index in [-0.39, 0.29) is 37.7 Å². The number of hydrogen-bond donors (Lipinski definition) is 1. The molecule has 0 saturated carbocycles. The zero-order chi connectivity index (χ0) is 13.8. The Morgan fingerprint density at radius 3 is 3.05 bits per heavy atom. The molecular formula is C13H16ClFN4O. The summed E-state index contributed by atoms with van der Waals surface area (Å²) in [4.78, 5) is 17.2. The van der Waals surface area contributed by atoms with Crippen LogP contribution in [0.25, 0.3) is 0 Å². The van der Waals surface area contributed by atoms with Crippen LogP contribution in [0.4, 0.5) is 10.2 Å². The van der Waals surface area contributed by atoms with E-state index in [9.17, 15) is 9.18 Å². The molecule has 0 spiro atoms. The van der Waals surface area contributed by atoms with Crippen molar-refractivity contribution >= 4 is 24.1 Å². The van der Waals surface area contributed by atoms with Crippen LogP contribution in [0.5, 0.6) is 0 Å². The number of carbonyl (C=O) groups is 1. The maximum atomic E-state index is 13.2. The van der Waals surface area contributed by atoms with Crippen LogP contribution in [0.15, 0.2) is 18.3 Å². The van der Waals surface area contributed by atoms with Gasteiger partial charge in [0.05, 0.1) is 12.6 Å². The Morgan fingerprint density at radius 2 is 2.40 bits per heavy atom. The number of alkyl halides is 1. The predicted octanol–water partition coefficient (Wildman–Crippen LogP) is 1.48. The molecule has 2 atom stereocenters. The maximum absolute atomic E-state index is 13.2. The summed E-state index contributed by atoms with van der Waals surface area (Å²) in [6.45, 7) is 0.0234. The summed E-state index contributed by atoms with van der Waals surface area (Å²) in [5.74, 6) is 0.215. The first-order chi connectivity index (χ1) is 9.10. The van der Waals surface area contributed by atoms with Crippen molar-refractivity contribution in [3.8, 4) is 6.07 Å². The molecule has 0 radical (unpaired) electrons. The highest BCUT2D eigenvalue weighted by Crippen LogP contribution is 2.21. The molecular weight excluding hydrogens is 283 g/mol. The zero-order valence-electron chi connectivity index (χ0n) is 10.8. The molecule has 1 amide bonds. The van der Waals surface area contributed by atoms with Crippen LogP contribution in [0.3, 0.4) is 0 Å². The SMILES string of the molecule is Cl.N#C[C@@H]1C[C@H](F)CN1C(=O)CCc1ccnc(N)c1. The Balaban J connectivity index is 0.00000200. The highest BCUT2D eigenvalue weighted by atomic mass is 35.5. The van der Waals surface area contributed by atoms with Gasteiger partial charge in [0.2, 0.25) is 5.91 Å². The van der Waals surface area contributed by atoms with E-state index >= 15 is 0 Å². The standard InChI is InChI=1S/C13H15FN4O.ClH/c14-10-6-11(7-15)18(8-10)13(19)2-1-9-3-4-17-12(16)5-9;/h3-5,10-11H,1-2,6,8H2,(H2,16,17);1H/t10-,11-;/m0./s1. The fourth-order valence-corrected chi connectivity index (χ4v) is 2.23. The first-order valence-corrected chi connectivity index (χ1v) is 6.13. The van der Waals surface area contributed by atoms with Gasteiger partial charge in [0.1, 0.15) is 18.0 Å². The number of nitriles is 1. The lowest BCUT2D eigenvalue weighted by molar-refractivity contribution is -0.131. The van der Waals surface area contributed by atoms with Gasteiger partial charge in [-0.3, -0.25) is 4.79 Å². The van der Waals surface area contributed by atoms with Gasteiger partial charge in [0.15, 0.2) is 0 Å². The molecule has 1 aromatic rings. The second-order valence-electron chi connectivity index (χ2n) is 4.61. The highest BCUT2D eigenvalue weighted by molar-refractivity contribution is 5.85. The van der Waals surface area contributed by atoms with Crippen molar-refractivity contribution < 1.29 is 9.18 Å². The van der Waals surface area contributed by atoms with Gasteiger partial charge >= 0.3 is 0 Å². The summed E-state index contributed by atoms with van der Waals surface area (Å²) in [6, 6.07) is 4.82. The molecule has 2 rings (SSSR count). The molecule has 0 unspecified atom stereocenters. The minimum absolute atomic E-state index is 0. The van der Waals surface area contributed by atoms with E-state index in [4.69, 9.17) is 11.0 Å². The minimum atomic E-state index is -1.09. The molecule has 7 heteroatoms. The van der Waals surface area contributed by atoms with Crippen molar-refractivity contribution in [2.24, 2.45) is 0 Å². The number of aryl methyl sites for hydroxylation is 1. The van der Waals surface area contributed by atoms with Crippen LogP contribution in [-0.2, 0) is 11.2 Å². The summed E-state index contributed by atoms with van der Waals surface area (Å²) in [6.07, 6.45) is 1.36. The average Bonchev–Trinajstić information content (AvgIpc) is 2.77. The van der Waals surface area contributed by atoms with Gasteiger partial charge in [-0.05, 0) is 24.1 Å². The molecule has 20 heavy (non-hydrogen) atoms. The maximum Gasteiger partial charge on any atom is 0.224 e. The lowest BCUT2D eigenvalue weighted by atomic mass is 10.1. The van der Waals surface area contributed by atoms with E-state index in [1.54, 1.807) is 18.3 Å². The van der Waals surface area contributed by atoms with Crippen molar-refractivity contribution in [2.45, 2.75) is 31.5 Å². The molecule has 2 N–H and O–H groups in total. The highest BCUT2D eigenvalue weighted by Gasteiger charge is 2.34. The lowest BCUT2D eigenvalue weighted by Crippen LogP contribution is -2.35. The summed E-state index contributed by atoms with van der Waals surface area (Å²) in [7, 11) is 0. The molecule has 5 nitrogen and oxygen atoms in total. The smallest absolute Gasteiger partial charge is 0.224 e. The number of nitrogens with zero attached hydrogens (tertiary/aromatic N) is 3. The van der Waals surface area contributed by atoms with Crippen LogP contribution in [-0.4, -0.2) is 34.5 Å². The Hall–Kier alpha value is -1.87. The van der Waals surface area contributed by atoms with E-state index < -0.39 is 12.2 Å². The Bertz CT molecular complexity index is 519. The van der Waals surface area contributed by atoms with E-state index in [1.807, 2.05) is 6.07 Å². The number of nitrogens with two attached hydrogens (primary N) is 1. The van der Waals surface area contributed by atoms with Crippen LogP contribution in [0.1, 0.15) is 18.4 Å². The predicted molar refractivity (Wildman–Crippen MR) is 74.8 cm³/mol. The third-order valence-corrected chi connectivity index (χ3v) is 3.19. The van der Waals surface area contributed by atoms with Gasteiger partial charge in [0, 0.05) is 19.0 Å². The van der Waals surface area contributed by atoms with E-state index in [0.717, 1.165) is 5.56 Å². The quantitative estimate of drug-likeness (QED) is 0.916. The Labute approximate surface area is 123 Å². The van der Waals surface area contributed by atoms with Crippen LogP contribution in [0, 0.1) is 11.3 Å². The van der Waals surface area contributed by atoms with Gasteiger partial charge in [-0.2, -0.15) is 5.26 Å². The number of aromatic nitrogens is 1. The second kappa shape index (κ2) is 7.06. The largest absolute Gasteiger partial charge is 0.384 e. The summed E-state index contributed by atoms with van der Waals surface area (Å²) >= 11 is 0. The molecule has 1 aliphatic heterocycles. The third-order valence-electron chi connectivity index (χ3n) is 3.19. The average molecular weight is 299 g/mol. The van der Waals surface area contributed by atoms with Gasteiger partial charge in [0.25, 0.3) is 0 Å². The summed E-state index contributed by atoms with van der Waals surface area (Å²) in [5.41, 5.74) is 6.46. The van der Waals surface area contributed by atoms with Crippen molar-refractivity contribution in [3.63, 3.8) is 0 Å². The molecule has 1 aromatic heterocycles. The fourth-order valence-electron chi connectivity index (χ4n) is 2.23. The van der Waals surface area contributed by atoms with Crippen molar-refractivity contribution in [3.05, 3.63) is 23.9 Å². The topological polar surface area (TPSA) is 83.0 Å². The number of anilines is 1. The van der Waals surface area contributed by atoms with E-state index in [1.165, 1.54) is 4.90 Å². The first kappa shape index (κ1) is 16.2. The molecule has 1 aliphatic rings. The van der Waals surface area contributed by atoms with Crippen molar-refractivity contribution in [1.82, 2.24) is 9.88 Å².